The summed E-state index contributed by atoms with van der Waals surface area (Å²) in [7, 11) is 0. The molecule has 0 bridgehead atoms. The molecular formula is C6H12N2O2. The van der Waals surface area contributed by atoms with Crippen LogP contribution in [0, 0.1) is 0 Å². The van der Waals surface area contributed by atoms with Crippen molar-refractivity contribution in [2.45, 2.75) is 12.2 Å². The van der Waals surface area contributed by atoms with Crippen LogP contribution >= 0.6 is 0 Å². The number of hydrogen-bond acceptors (Lipinski definition) is 4. The lowest BCUT2D eigenvalue weighted by molar-refractivity contribution is -0.133. The molecule has 0 aromatic heterocycles. The van der Waals surface area contributed by atoms with Crippen LogP contribution in [0.2, 0.25) is 0 Å². The Labute approximate surface area is 59.9 Å². The maximum atomic E-state index is 5.38. The first-order chi connectivity index (χ1) is 4.97. The first-order valence-electron chi connectivity index (χ1n) is 3.61. The standard InChI is InChI=1S/C6H12N2O2/c1-5-6(10-3-7-1)2-8-4-9-5/h5-8H,1-4H2/t5-,6-/m0/s1. The van der Waals surface area contributed by atoms with Gasteiger partial charge in [0.15, 0.2) is 0 Å². The van der Waals surface area contributed by atoms with Gasteiger partial charge in [0.1, 0.15) is 0 Å². The molecule has 2 rings (SSSR count). The molecule has 0 radical (unpaired) electrons. The van der Waals surface area contributed by atoms with E-state index in [2.05, 4.69) is 10.6 Å². The van der Waals surface area contributed by atoms with Gasteiger partial charge in [-0.05, 0) is 0 Å². The topological polar surface area (TPSA) is 42.5 Å². The van der Waals surface area contributed by atoms with Gasteiger partial charge in [-0.1, -0.05) is 0 Å². The second-order valence-electron chi connectivity index (χ2n) is 2.61. The quantitative estimate of drug-likeness (QED) is 0.452. The number of hydrogen-bond donors (Lipinski definition) is 2. The van der Waals surface area contributed by atoms with Crippen molar-refractivity contribution < 1.29 is 9.47 Å². The molecule has 0 aromatic rings. The third-order valence-electron chi connectivity index (χ3n) is 1.90. The normalized spacial score (nSPS) is 40.8. The van der Waals surface area contributed by atoms with Crippen LogP contribution in [0.15, 0.2) is 0 Å². The van der Waals surface area contributed by atoms with Gasteiger partial charge in [0.2, 0.25) is 0 Å². The summed E-state index contributed by atoms with van der Waals surface area (Å²) in [6, 6.07) is 0. The van der Waals surface area contributed by atoms with Gasteiger partial charge in [-0.25, -0.2) is 0 Å². The van der Waals surface area contributed by atoms with Crippen molar-refractivity contribution in [1.29, 1.82) is 0 Å². The second-order valence-corrected chi connectivity index (χ2v) is 2.61. The zero-order valence-corrected chi connectivity index (χ0v) is 5.80. The predicted molar refractivity (Wildman–Crippen MR) is 35.5 cm³/mol. The molecule has 10 heavy (non-hydrogen) atoms. The molecule has 2 aliphatic heterocycles. The Bertz CT molecular complexity index is 94.3. The van der Waals surface area contributed by atoms with Gasteiger partial charge in [-0.2, -0.15) is 0 Å². The van der Waals surface area contributed by atoms with E-state index in [1.807, 2.05) is 0 Å². The Morgan fingerprint density at radius 3 is 1.90 bits per heavy atom. The minimum absolute atomic E-state index is 0.259. The molecule has 0 aromatic carbocycles. The van der Waals surface area contributed by atoms with E-state index in [0.717, 1.165) is 13.1 Å². The van der Waals surface area contributed by atoms with Crippen molar-refractivity contribution in [2.24, 2.45) is 0 Å². The van der Waals surface area contributed by atoms with E-state index < -0.39 is 0 Å². The van der Waals surface area contributed by atoms with Crippen molar-refractivity contribution in [1.82, 2.24) is 10.6 Å². The molecule has 2 atom stereocenters. The van der Waals surface area contributed by atoms with Crippen molar-refractivity contribution in [3.05, 3.63) is 0 Å². The largest absolute Gasteiger partial charge is 0.359 e. The van der Waals surface area contributed by atoms with Crippen molar-refractivity contribution in [3.8, 4) is 0 Å². The molecule has 4 nitrogen and oxygen atoms in total. The summed E-state index contributed by atoms with van der Waals surface area (Å²) in [5, 5.41) is 6.22. The summed E-state index contributed by atoms with van der Waals surface area (Å²) < 4.78 is 10.8. The molecule has 0 amide bonds. The van der Waals surface area contributed by atoms with E-state index in [1.54, 1.807) is 0 Å². The summed E-state index contributed by atoms with van der Waals surface area (Å²) >= 11 is 0. The summed E-state index contributed by atoms with van der Waals surface area (Å²) in [4.78, 5) is 0. The predicted octanol–water partition coefficient (Wildman–Crippen LogP) is -1.12. The molecule has 0 unspecified atom stereocenters. The molecular weight excluding hydrogens is 132 g/mol. The Morgan fingerprint density at radius 1 is 0.900 bits per heavy atom. The highest BCUT2D eigenvalue weighted by molar-refractivity contribution is 4.80. The van der Waals surface area contributed by atoms with E-state index in [0.29, 0.717) is 13.5 Å². The minimum atomic E-state index is 0.259. The average Bonchev–Trinajstić information content (AvgIpc) is 2.05. The van der Waals surface area contributed by atoms with Crippen LogP contribution in [-0.2, 0) is 9.47 Å². The number of ether oxygens (including phenoxy) is 2. The smallest absolute Gasteiger partial charge is 0.0992 e. The molecule has 2 N–H and O–H groups in total. The zero-order chi connectivity index (χ0) is 6.81. The molecule has 0 aliphatic carbocycles. The van der Waals surface area contributed by atoms with Gasteiger partial charge < -0.3 is 9.47 Å². The fourth-order valence-electron chi connectivity index (χ4n) is 1.33. The van der Waals surface area contributed by atoms with E-state index in [4.69, 9.17) is 9.47 Å². The third-order valence-corrected chi connectivity index (χ3v) is 1.90. The molecule has 2 heterocycles. The summed E-state index contributed by atoms with van der Waals surface area (Å²) in [6.07, 6.45) is 0.519. The van der Waals surface area contributed by atoms with Crippen LogP contribution < -0.4 is 10.6 Å². The van der Waals surface area contributed by atoms with E-state index in [1.165, 1.54) is 0 Å². The molecule has 4 heteroatoms. The molecule has 2 fully saturated rings. The maximum absolute atomic E-state index is 5.38. The Morgan fingerprint density at radius 2 is 1.40 bits per heavy atom. The van der Waals surface area contributed by atoms with Crippen LogP contribution in [0.1, 0.15) is 0 Å². The van der Waals surface area contributed by atoms with Crippen molar-refractivity contribution in [3.63, 3.8) is 0 Å². The zero-order valence-electron chi connectivity index (χ0n) is 5.80. The fourth-order valence-corrected chi connectivity index (χ4v) is 1.33. The van der Waals surface area contributed by atoms with Crippen LogP contribution in [-0.4, -0.2) is 38.8 Å². The van der Waals surface area contributed by atoms with Gasteiger partial charge in [0.05, 0.1) is 25.7 Å². The molecule has 0 saturated carbocycles. The summed E-state index contributed by atoms with van der Waals surface area (Å²) in [6.45, 7) is 3.16. The number of rotatable bonds is 0. The van der Waals surface area contributed by atoms with Crippen LogP contribution in [0.5, 0.6) is 0 Å². The lowest BCUT2D eigenvalue weighted by Crippen LogP contribution is -2.55. The van der Waals surface area contributed by atoms with E-state index in [9.17, 15) is 0 Å². The Kier molecular flexibility index (Phi) is 1.86. The highest BCUT2D eigenvalue weighted by Gasteiger charge is 2.28. The third kappa shape index (κ3) is 1.15. The first-order valence-corrected chi connectivity index (χ1v) is 3.61. The van der Waals surface area contributed by atoms with Gasteiger partial charge in [-0.3, -0.25) is 10.6 Å². The molecule has 2 saturated heterocycles. The average molecular weight is 144 g/mol. The minimum Gasteiger partial charge on any atom is -0.359 e. The summed E-state index contributed by atoms with van der Waals surface area (Å²) in [5.41, 5.74) is 0. The van der Waals surface area contributed by atoms with Crippen molar-refractivity contribution >= 4 is 0 Å². The molecule has 0 spiro atoms. The SMILES string of the molecule is C1NC[C@@H]2OCNC[C@@H]2O1. The Hall–Kier alpha value is -0.160. The van der Waals surface area contributed by atoms with Gasteiger partial charge in [0, 0.05) is 13.1 Å². The lowest BCUT2D eigenvalue weighted by Gasteiger charge is -2.35. The monoisotopic (exact) mass is 144 g/mol. The lowest BCUT2D eigenvalue weighted by atomic mass is 10.1. The number of nitrogens with one attached hydrogen (secondary N) is 2. The fraction of sp³-hybridized carbons (Fsp3) is 1.00. The van der Waals surface area contributed by atoms with Gasteiger partial charge in [0.25, 0.3) is 0 Å². The maximum Gasteiger partial charge on any atom is 0.0992 e. The first kappa shape index (κ1) is 6.54. The summed E-state index contributed by atoms with van der Waals surface area (Å²) in [5.74, 6) is 0. The Balaban J connectivity index is 1.93. The van der Waals surface area contributed by atoms with Crippen molar-refractivity contribution in [2.75, 3.05) is 26.6 Å². The van der Waals surface area contributed by atoms with Crippen LogP contribution in [0.25, 0.3) is 0 Å². The van der Waals surface area contributed by atoms with Gasteiger partial charge >= 0.3 is 0 Å². The van der Waals surface area contributed by atoms with Crippen LogP contribution in [0.3, 0.4) is 0 Å². The van der Waals surface area contributed by atoms with Gasteiger partial charge in [-0.15, -0.1) is 0 Å². The van der Waals surface area contributed by atoms with E-state index in [-0.39, 0.29) is 12.2 Å². The molecule has 2 aliphatic rings. The molecule has 58 valence electrons. The second kappa shape index (κ2) is 2.84. The van der Waals surface area contributed by atoms with Crippen LogP contribution in [0.4, 0.5) is 0 Å². The number of fused-ring (bicyclic) bond motifs is 1. The highest BCUT2D eigenvalue weighted by Crippen LogP contribution is 2.09. The van der Waals surface area contributed by atoms with E-state index >= 15 is 0 Å². The highest BCUT2D eigenvalue weighted by atomic mass is 16.6.